The Morgan fingerprint density at radius 1 is 1.22 bits per heavy atom. The first-order valence-corrected chi connectivity index (χ1v) is 15.5. The largest absolute Gasteiger partial charge is 0.478 e. The van der Waals surface area contributed by atoms with Crippen molar-refractivity contribution >= 4 is 39.9 Å². The highest BCUT2D eigenvalue weighted by molar-refractivity contribution is 7.11. The van der Waals surface area contributed by atoms with Gasteiger partial charge in [-0.15, -0.1) is 11.3 Å². The molecule has 0 aliphatic carbocycles. The zero-order valence-electron chi connectivity index (χ0n) is 25.1. The van der Waals surface area contributed by atoms with Crippen LogP contribution in [0.4, 0.5) is 8.78 Å². The second-order valence-corrected chi connectivity index (χ2v) is 13.5. The maximum absolute atomic E-state index is 13.6. The Labute approximate surface area is 267 Å². The number of aromatic nitrogens is 4. The van der Waals surface area contributed by atoms with Crippen LogP contribution in [0.25, 0.3) is 22.3 Å². The number of alkyl halides is 2. The van der Waals surface area contributed by atoms with Crippen LogP contribution in [-0.4, -0.2) is 43.8 Å². The number of halogens is 3. The van der Waals surface area contributed by atoms with Gasteiger partial charge in [0, 0.05) is 41.6 Å². The molecule has 4 heterocycles. The van der Waals surface area contributed by atoms with Crippen molar-refractivity contribution in [2.24, 2.45) is 5.41 Å². The van der Waals surface area contributed by atoms with Gasteiger partial charge in [0.2, 0.25) is 5.88 Å². The minimum Gasteiger partial charge on any atom is -0.478 e. The third-order valence-electron chi connectivity index (χ3n) is 8.04. The Kier molecular flexibility index (Phi) is 8.13. The first kappa shape index (κ1) is 31.1. The van der Waals surface area contributed by atoms with E-state index in [2.05, 4.69) is 28.4 Å². The average Bonchev–Trinajstić information content (AvgIpc) is 3.69. The summed E-state index contributed by atoms with van der Waals surface area (Å²) in [6.45, 7) is 8.18. The Morgan fingerprint density at radius 3 is 2.71 bits per heavy atom. The lowest BCUT2D eigenvalue weighted by atomic mass is 9.87. The van der Waals surface area contributed by atoms with Crippen LogP contribution in [0.15, 0.2) is 54.7 Å². The topological polar surface area (TPSA) is 99.4 Å². The molecule has 1 aliphatic rings. The number of fused-ring (bicyclic) bond motifs is 1. The number of hydrogen-bond acceptors (Lipinski definition) is 7. The lowest BCUT2D eigenvalue weighted by Gasteiger charge is -2.28. The van der Waals surface area contributed by atoms with Crippen molar-refractivity contribution in [3.8, 4) is 17.1 Å². The summed E-state index contributed by atoms with van der Waals surface area (Å²) >= 11 is 7.80. The van der Waals surface area contributed by atoms with Gasteiger partial charge in [0.25, 0.3) is 5.92 Å². The van der Waals surface area contributed by atoms with Crippen molar-refractivity contribution in [1.29, 1.82) is 0 Å². The third kappa shape index (κ3) is 6.29. The van der Waals surface area contributed by atoms with Crippen molar-refractivity contribution in [1.82, 2.24) is 19.5 Å². The molecule has 1 fully saturated rings. The number of hydrogen-bond donors (Lipinski definition) is 1. The minimum atomic E-state index is -2.95. The van der Waals surface area contributed by atoms with Gasteiger partial charge in [-0.2, -0.15) is 0 Å². The van der Waals surface area contributed by atoms with E-state index in [1.165, 1.54) is 6.20 Å². The van der Waals surface area contributed by atoms with Crippen LogP contribution < -0.4 is 4.74 Å². The average molecular weight is 653 g/mol. The molecule has 8 nitrogen and oxygen atoms in total. The Hall–Kier alpha value is -3.93. The number of rotatable bonds is 9. The van der Waals surface area contributed by atoms with E-state index >= 15 is 0 Å². The molecular formula is C33H31ClF2N4O4S. The second kappa shape index (κ2) is 11.8. The van der Waals surface area contributed by atoms with Crippen molar-refractivity contribution in [3.63, 3.8) is 0 Å². The van der Waals surface area contributed by atoms with Crippen LogP contribution >= 0.6 is 22.9 Å². The summed E-state index contributed by atoms with van der Waals surface area (Å²) in [6, 6.07) is 14.2. The molecule has 2 aromatic carbocycles. The molecule has 1 atom stereocenters. The number of carboxylic acids is 1. The predicted molar refractivity (Wildman–Crippen MR) is 169 cm³/mol. The standard InChI is InChI=1S/C33H31ClF2N4O4S/c1-18-10-20(12-28-38-24-9-8-19(31(41)42)11-25(24)40(28)26-15-43-17-32(26,2)3)22(34)13-21(18)23-6-5-7-29(39-23)44-16-30-37-14-27(45-30)33(4,35)36/h5-11,13-14,26H,12,15-17H2,1-4H3,(H,41,42). The Bertz CT molecular complexity index is 1920. The molecule has 1 saturated heterocycles. The molecule has 6 rings (SSSR count). The van der Waals surface area contributed by atoms with Gasteiger partial charge in [-0.3, -0.25) is 0 Å². The van der Waals surface area contributed by atoms with E-state index < -0.39 is 11.9 Å². The van der Waals surface area contributed by atoms with Gasteiger partial charge in [-0.25, -0.2) is 28.5 Å². The summed E-state index contributed by atoms with van der Waals surface area (Å²) in [5, 5.41) is 10.6. The minimum absolute atomic E-state index is 0.0215. The third-order valence-corrected chi connectivity index (χ3v) is 9.54. The fourth-order valence-electron chi connectivity index (χ4n) is 5.61. The smallest absolute Gasteiger partial charge is 0.335 e. The molecule has 12 heteroatoms. The molecule has 5 aromatic rings. The number of thiazole rings is 1. The van der Waals surface area contributed by atoms with Gasteiger partial charge in [0.1, 0.15) is 17.4 Å². The molecule has 3 aromatic heterocycles. The fourth-order valence-corrected chi connectivity index (χ4v) is 6.60. The van der Waals surface area contributed by atoms with E-state index in [4.69, 9.17) is 26.1 Å². The van der Waals surface area contributed by atoms with Gasteiger partial charge < -0.3 is 19.1 Å². The SMILES string of the molecule is Cc1cc(Cc2nc3ccc(C(=O)O)cc3n2C2COCC2(C)C)c(Cl)cc1-c1cccc(OCc2ncc(C(C)(F)F)s2)n1. The summed E-state index contributed by atoms with van der Waals surface area (Å²) in [4.78, 5) is 25.3. The van der Waals surface area contributed by atoms with Crippen molar-refractivity contribution < 1.29 is 28.2 Å². The number of ether oxygens (including phenoxy) is 2. The van der Waals surface area contributed by atoms with E-state index in [1.807, 2.05) is 31.2 Å². The summed E-state index contributed by atoms with van der Waals surface area (Å²) < 4.78 is 40.9. The molecule has 45 heavy (non-hydrogen) atoms. The summed E-state index contributed by atoms with van der Waals surface area (Å²) in [6.07, 6.45) is 1.59. The van der Waals surface area contributed by atoms with E-state index in [0.29, 0.717) is 46.8 Å². The summed E-state index contributed by atoms with van der Waals surface area (Å²) in [5.41, 5.74) is 4.74. The number of imidazole rings is 1. The Morgan fingerprint density at radius 2 is 2.02 bits per heavy atom. The molecule has 0 amide bonds. The second-order valence-electron chi connectivity index (χ2n) is 12.0. The van der Waals surface area contributed by atoms with E-state index in [-0.39, 0.29) is 28.5 Å². The number of nitrogens with zero attached hydrogens (tertiary/aromatic N) is 4. The highest BCUT2D eigenvalue weighted by Gasteiger charge is 2.39. The molecule has 0 bridgehead atoms. The van der Waals surface area contributed by atoms with Crippen LogP contribution in [-0.2, 0) is 23.7 Å². The molecule has 1 N–H and O–H groups in total. The zero-order chi connectivity index (χ0) is 32.1. The van der Waals surface area contributed by atoms with Gasteiger partial charge in [-0.05, 0) is 48.4 Å². The predicted octanol–water partition coefficient (Wildman–Crippen LogP) is 8.09. The lowest BCUT2D eigenvalue weighted by molar-refractivity contribution is 0.0213. The number of carbonyl (C=O) groups is 1. The van der Waals surface area contributed by atoms with Gasteiger partial charge in [0.05, 0.1) is 46.4 Å². The van der Waals surface area contributed by atoms with Gasteiger partial charge >= 0.3 is 5.97 Å². The van der Waals surface area contributed by atoms with Crippen molar-refractivity contribution in [2.75, 3.05) is 13.2 Å². The van der Waals surface area contributed by atoms with Crippen LogP contribution in [0.1, 0.15) is 64.0 Å². The van der Waals surface area contributed by atoms with Gasteiger partial charge in [-0.1, -0.05) is 37.6 Å². The number of carboxylic acid groups (broad SMARTS) is 1. The molecule has 0 spiro atoms. The fraction of sp³-hybridized carbons (Fsp3) is 0.333. The van der Waals surface area contributed by atoms with Gasteiger partial charge in [0.15, 0.2) is 0 Å². The van der Waals surface area contributed by atoms with Crippen LogP contribution in [0.3, 0.4) is 0 Å². The molecular weight excluding hydrogens is 622 g/mol. The van der Waals surface area contributed by atoms with E-state index in [1.54, 1.807) is 24.3 Å². The first-order valence-electron chi connectivity index (χ1n) is 14.3. The number of aromatic carboxylic acids is 1. The molecule has 0 saturated carbocycles. The van der Waals surface area contributed by atoms with Crippen LogP contribution in [0.5, 0.6) is 5.88 Å². The maximum atomic E-state index is 13.6. The number of aryl methyl sites for hydroxylation is 1. The Balaban J connectivity index is 1.29. The molecule has 1 unspecified atom stereocenters. The van der Waals surface area contributed by atoms with Crippen LogP contribution in [0, 0.1) is 12.3 Å². The van der Waals surface area contributed by atoms with E-state index in [0.717, 1.165) is 46.3 Å². The zero-order valence-corrected chi connectivity index (χ0v) is 26.7. The lowest BCUT2D eigenvalue weighted by Crippen LogP contribution is -2.27. The maximum Gasteiger partial charge on any atom is 0.335 e. The van der Waals surface area contributed by atoms with E-state index in [9.17, 15) is 18.7 Å². The summed E-state index contributed by atoms with van der Waals surface area (Å²) in [5.74, 6) is -2.84. The van der Waals surface area contributed by atoms with Crippen molar-refractivity contribution in [2.45, 2.75) is 52.7 Å². The highest BCUT2D eigenvalue weighted by Crippen LogP contribution is 2.41. The van der Waals surface area contributed by atoms with Crippen LogP contribution in [0.2, 0.25) is 5.02 Å². The molecule has 0 radical (unpaired) electrons. The first-order chi connectivity index (χ1) is 21.3. The summed E-state index contributed by atoms with van der Waals surface area (Å²) in [7, 11) is 0. The monoisotopic (exact) mass is 652 g/mol. The highest BCUT2D eigenvalue weighted by atomic mass is 35.5. The molecule has 234 valence electrons. The van der Waals surface area contributed by atoms with Crippen molar-refractivity contribution in [3.05, 3.63) is 92.1 Å². The quantitative estimate of drug-likeness (QED) is 0.172. The number of pyridine rings is 1. The molecule has 1 aliphatic heterocycles. The number of benzene rings is 2. The normalized spacial score (nSPS) is 16.4.